The van der Waals surface area contributed by atoms with Gasteiger partial charge in [0.15, 0.2) is 15.0 Å². The Morgan fingerprint density at radius 2 is 2.21 bits per heavy atom. The van der Waals surface area contributed by atoms with Crippen molar-refractivity contribution in [2.45, 2.75) is 30.8 Å². The molecule has 0 bridgehead atoms. The summed E-state index contributed by atoms with van der Waals surface area (Å²) in [6.45, 7) is 1.56. The molecule has 0 spiro atoms. The summed E-state index contributed by atoms with van der Waals surface area (Å²) in [7, 11) is -1.07. The van der Waals surface area contributed by atoms with Crippen LogP contribution >= 0.6 is 11.8 Å². The highest BCUT2D eigenvalue weighted by Crippen LogP contribution is 2.29. The van der Waals surface area contributed by atoms with Crippen LogP contribution in [0.25, 0.3) is 0 Å². The Morgan fingerprint density at radius 1 is 1.47 bits per heavy atom. The molecule has 6 nitrogen and oxygen atoms in total. The van der Waals surface area contributed by atoms with E-state index in [9.17, 15) is 13.2 Å². The highest BCUT2D eigenvalue weighted by atomic mass is 32.2. The molecule has 0 radical (unpaired) electrons. The number of ketones is 1. The van der Waals surface area contributed by atoms with Crippen molar-refractivity contribution in [3.05, 3.63) is 5.82 Å². The van der Waals surface area contributed by atoms with Gasteiger partial charge in [0.25, 0.3) is 0 Å². The molecule has 1 aromatic rings. The maximum absolute atomic E-state index is 11.5. The molecule has 1 fully saturated rings. The van der Waals surface area contributed by atoms with Crippen LogP contribution in [0.5, 0.6) is 0 Å². The smallest absolute Gasteiger partial charge is 0.190 e. The zero-order chi connectivity index (χ0) is 14.0. The summed E-state index contributed by atoms with van der Waals surface area (Å²) in [5.74, 6) is 1.89. The van der Waals surface area contributed by atoms with E-state index in [1.54, 1.807) is 6.92 Å². The number of sulfone groups is 1. The largest absolute Gasteiger partial charge is 0.309 e. The van der Waals surface area contributed by atoms with Gasteiger partial charge in [-0.05, 0) is 13.3 Å². The molecule has 106 valence electrons. The fraction of sp³-hybridized carbons (Fsp3) is 0.727. The molecular formula is C11H17N3O3S2. The molecule has 1 atom stereocenters. The number of carbonyl (C=O) groups excluding carboxylic acids is 1. The van der Waals surface area contributed by atoms with E-state index in [-0.39, 0.29) is 23.2 Å². The van der Waals surface area contributed by atoms with Crippen LogP contribution in [0, 0.1) is 0 Å². The third-order valence-corrected chi connectivity index (χ3v) is 5.94. The summed E-state index contributed by atoms with van der Waals surface area (Å²) in [4.78, 5) is 10.9. The number of aromatic nitrogens is 3. The van der Waals surface area contributed by atoms with Gasteiger partial charge in [-0.3, -0.25) is 4.79 Å². The van der Waals surface area contributed by atoms with Gasteiger partial charge in [0.05, 0.1) is 11.5 Å². The molecule has 8 heteroatoms. The minimum Gasteiger partial charge on any atom is -0.309 e. The monoisotopic (exact) mass is 303 g/mol. The van der Waals surface area contributed by atoms with Gasteiger partial charge >= 0.3 is 0 Å². The number of thioether (sulfide) groups is 1. The minimum absolute atomic E-state index is 0.0512. The highest BCUT2D eigenvalue weighted by Gasteiger charge is 2.32. The molecule has 19 heavy (non-hydrogen) atoms. The van der Waals surface area contributed by atoms with E-state index < -0.39 is 9.84 Å². The zero-order valence-corrected chi connectivity index (χ0v) is 12.6. The third kappa shape index (κ3) is 3.56. The van der Waals surface area contributed by atoms with Crippen LogP contribution in [0.2, 0.25) is 0 Å². The quantitative estimate of drug-likeness (QED) is 0.748. The number of hydrogen-bond acceptors (Lipinski definition) is 6. The van der Waals surface area contributed by atoms with Crippen molar-refractivity contribution in [3.63, 3.8) is 0 Å². The second-order valence-corrected chi connectivity index (χ2v) is 8.09. The van der Waals surface area contributed by atoms with Crippen LogP contribution < -0.4 is 0 Å². The Kier molecular flexibility index (Phi) is 4.29. The molecule has 0 aliphatic carbocycles. The van der Waals surface area contributed by atoms with Crippen molar-refractivity contribution in [1.29, 1.82) is 0 Å². The van der Waals surface area contributed by atoms with Crippen molar-refractivity contribution in [2.24, 2.45) is 7.05 Å². The van der Waals surface area contributed by atoms with Gasteiger partial charge < -0.3 is 4.57 Å². The Hall–Kier alpha value is -0.890. The van der Waals surface area contributed by atoms with E-state index in [1.807, 2.05) is 11.6 Å². The molecule has 1 saturated heterocycles. The lowest BCUT2D eigenvalue weighted by molar-refractivity contribution is -0.116. The van der Waals surface area contributed by atoms with Gasteiger partial charge in [-0.25, -0.2) is 8.42 Å². The van der Waals surface area contributed by atoms with E-state index in [0.29, 0.717) is 18.6 Å². The number of Topliss-reactive ketones (excluding diaryl/α,β-unsaturated/α-hetero) is 1. The minimum atomic E-state index is -2.91. The first-order valence-electron chi connectivity index (χ1n) is 6.11. The van der Waals surface area contributed by atoms with Crippen molar-refractivity contribution in [2.75, 3.05) is 17.3 Å². The Labute approximate surface area is 116 Å². The van der Waals surface area contributed by atoms with E-state index in [0.717, 1.165) is 11.0 Å². The van der Waals surface area contributed by atoms with Crippen LogP contribution in [0.3, 0.4) is 0 Å². The van der Waals surface area contributed by atoms with E-state index in [1.165, 1.54) is 11.8 Å². The fourth-order valence-corrected chi connectivity index (χ4v) is 4.79. The standard InChI is InChI=1S/C11H17N3O3S2/c1-8(15)3-5-18-11-13-12-10(14(11)2)9-4-6-19(16,17)7-9/h9H,3-7H2,1-2H3/t9-/m0/s1. The molecule has 2 rings (SSSR count). The maximum Gasteiger partial charge on any atom is 0.190 e. The molecular weight excluding hydrogens is 286 g/mol. The van der Waals surface area contributed by atoms with E-state index >= 15 is 0 Å². The van der Waals surface area contributed by atoms with Crippen LogP contribution in [0.1, 0.15) is 31.5 Å². The lowest BCUT2D eigenvalue weighted by Gasteiger charge is -2.07. The van der Waals surface area contributed by atoms with E-state index in [2.05, 4.69) is 10.2 Å². The van der Waals surface area contributed by atoms with Crippen molar-refractivity contribution in [1.82, 2.24) is 14.8 Å². The van der Waals surface area contributed by atoms with Crippen LogP contribution in [-0.2, 0) is 21.7 Å². The highest BCUT2D eigenvalue weighted by molar-refractivity contribution is 7.99. The molecule has 0 aromatic carbocycles. The predicted octanol–water partition coefficient (Wildman–Crippen LogP) is 0.788. The average molecular weight is 303 g/mol. The molecule has 1 aliphatic rings. The van der Waals surface area contributed by atoms with Gasteiger partial charge in [-0.1, -0.05) is 11.8 Å². The summed E-state index contributed by atoms with van der Waals surface area (Å²) in [5, 5.41) is 8.92. The van der Waals surface area contributed by atoms with Crippen molar-refractivity contribution >= 4 is 27.4 Å². The molecule has 1 aromatic heterocycles. The fourth-order valence-electron chi connectivity index (χ4n) is 2.09. The predicted molar refractivity (Wildman–Crippen MR) is 73.0 cm³/mol. The third-order valence-electron chi connectivity index (χ3n) is 3.15. The second kappa shape index (κ2) is 5.62. The Bertz CT molecular complexity index is 580. The number of rotatable bonds is 5. The molecule has 0 unspecified atom stereocenters. The molecule has 0 amide bonds. The Morgan fingerprint density at radius 3 is 2.79 bits per heavy atom. The molecule has 0 saturated carbocycles. The van der Waals surface area contributed by atoms with Gasteiger partial charge in [0, 0.05) is 25.1 Å². The first-order valence-corrected chi connectivity index (χ1v) is 8.91. The summed E-state index contributed by atoms with van der Waals surface area (Å²) in [6.07, 6.45) is 1.12. The van der Waals surface area contributed by atoms with Gasteiger partial charge in [0.2, 0.25) is 0 Å². The van der Waals surface area contributed by atoms with Gasteiger partial charge in [-0.15, -0.1) is 10.2 Å². The van der Waals surface area contributed by atoms with Crippen molar-refractivity contribution < 1.29 is 13.2 Å². The second-order valence-electron chi connectivity index (χ2n) is 4.80. The average Bonchev–Trinajstić information content (AvgIpc) is 2.83. The molecule has 2 heterocycles. The van der Waals surface area contributed by atoms with Gasteiger partial charge in [0.1, 0.15) is 11.6 Å². The van der Waals surface area contributed by atoms with Crippen LogP contribution in [0.4, 0.5) is 0 Å². The van der Waals surface area contributed by atoms with E-state index in [4.69, 9.17) is 0 Å². The zero-order valence-electron chi connectivity index (χ0n) is 11.0. The first-order chi connectivity index (χ1) is 8.89. The lowest BCUT2D eigenvalue weighted by atomic mass is 10.1. The number of nitrogens with zero attached hydrogens (tertiary/aromatic N) is 3. The van der Waals surface area contributed by atoms with Gasteiger partial charge in [-0.2, -0.15) is 0 Å². The lowest BCUT2D eigenvalue weighted by Crippen LogP contribution is -2.09. The topological polar surface area (TPSA) is 81.9 Å². The van der Waals surface area contributed by atoms with Crippen LogP contribution in [-0.4, -0.2) is 46.2 Å². The summed E-state index contributed by atoms with van der Waals surface area (Å²) < 4.78 is 24.8. The number of hydrogen-bond donors (Lipinski definition) is 0. The van der Waals surface area contributed by atoms with Crippen LogP contribution in [0.15, 0.2) is 5.16 Å². The molecule has 0 N–H and O–H groups in total. The Balaban J connectivity index is 2.04. The molecule has 1 aliphatic heterocycles. The summed E-state index contributed by atoms with van der Waals surface area (Å²) >= 11 is 1.47. The first kappa shape index (κ1) is 14.5. The number of carbonyl (C=O) groups is 1. The normalized spacial score (nSPS) is 21.7. The maximum atomic E-state index is 11.5. The summed E-state index contributed by atoms with van der Waals surface area (Å²) in [5.41, 5.74) is 0. The SMILES string of the molecule is CC(=O)CCSc1nnc([C@H]2CCS(=O)(=O)C2)n1C. The summed E-state index contributed by atoms with van der Waals surface area (Å²) in [6, 6.07) is 0. The van der Waals surface area contributed by atoms with Crippen molar-refractivity contribution in [3.8, 4) is 0 Å².